The van der Waals surface area contributed by atoms with E-state index >= 15 is 0 Å². The van der Waals surface area contributed by atoms with Crippen LogP contribution in [0, 0.1) is 22.0 Å². The van der Waals surface area contributed by atoms with Crippen molar-refractivity contribution in [3.8, 4) is 17.7 Å². The molecule has 0 saturated carbocycles. The SMILES string of the molecule is CC#CCOc1ncccc1[N+](=O)[O-]. The summed E-state index contributed by atoms with van der Waals surface area (Å²) >= 11 is 0. The van der Waals surface area contributed by atoms with Crippen LogP contribution in [0.4, 0.5) is 5.69 Å². The summed E-state index contributed by atoms with van der Waals surface area (Å²) in [7, 11) is 0. The second-order valence-corrected chi connectivity index (χ2v) is 2.30. The summed E-state index contributed by atoms with van der Waals surface area (Å²) < 4.78 is 5.01. The lowest BCUT2D eigenvalue weighted by Gasteiger charge is -2.00. The number of hydrogen-bond acceptors (Lipinski definition) is 4. The van der Waals surface area contributed by atoms with Crippen molar-refractivity contribution in [2.24, 2.45) is 0 Å². The van der Waals surface area contributed by atoms with E-state index in [4.69, 9.17) is 4.74 Å². The first-order valence-electron chi connectivity index (χ1n) is 3.87. The fourth-order valence-electron chi connectivity index (χ4n) is 0.809. The minimum atomic E-state index is -0.540. The van der Waals surface area contributed by atoms with Gasteiger partial charge in [0.25, 0.3) is 5.88 Å². The maximum Gasteiger partial charge on any atom is 0.330 e. The van der Waals surface area contributed by atoms with Crippen LogP contribution in [0.5, 0.6) is 5.88 Å². The quantitative estimate of drug-likeness (QED) is 0.412. The minimum absolute atomic E-state index is 0.000231. The van der Waals surface area contributed by atoms with E-state index in [-0.39, 0.29) is 18.2 Å². The second-order valence-electron chi connectivity index (χ2n) is 2.30. The molecule has 0 aromatic carbocycles. The van der Waals surface area contributed by atoms with Crippen LogP contribution >= 0.6 is 0 Å². The normalized spacial score (nSPS) is 8.64. The Labute approximate surface area is 80.9 Å². The summed E-state index contributed by atoms with van der Waals surface area (Å²) in [4.78, 5) is 13.7. The number of nitro groups is 1. The Hall–Kier alpha value is -2.09. The van der Waals surface area contributed by atoms with Gasteiger partial charge >= 0.3 is 5.69 Å². The van der Waals surface area contributed by atoms with Crippen LogP contribution in [-0.4, -0.2) is 16.5 Å². The fourth-order valence-corrected chi connectivity index (χ4v) is 0.809. The van der Waals surface area contributed by atoms with Crippen molar-refractivity contribution in [1.82, 2.24) is 4.98 Å². The summed E-state index contributed by atoms with van der Waals surface area (Å²) in [5.41, 5.74) is -0.148. The summed E-state index contributed by atoms with van der Waals surface area (Å²) in [5.74, 6) is 5.24. The largest absolute Gasteiger partial charge is 0.460 e. The van der Waals surface area contributed by atoms with Gasteiger partial charge in [-0.1, -0.05) is 5.92 Å². The highest BCUT2D eigenvalue weighted by molar-refractivity contribution is 5.39. The van der Waals surface area contributed by atoms with E-state index in [0.717, 1.165) is 0 Å². The number of rotatable bonds is 3. The highest BCUT2D eigenvalue weighted by Gasteiger charge is 2.14. The van der Waals surface area contributed by atoms with Crippen LogP contribution < -0.4 is 4.74 Å². The number of nitrogens with zero attached hydrogens (tertiary/aromatic N) is 2. The number of aromatic nitrogens is 1. The Balaban J connectivity index is 2.83. The van der Waals surface area contributed by atoms with Gasteiger partial charge in [0.05, 0.1) is 4.92 Å². The summed E-state index contributed by atoms with van der Waals surface area (Å²) in [6.45, 7) is 1.77. The smallest absolute Gasteiger partial charge is 0.330 e. The molecule has 1 heterocycles. The van der Waals surface area contributed by atoms with Gasteiger partial charge in [-0.3, -0.25) is 10.1 Å². The van der Waals surface area contributed by atoms with Crippen molar-refractivity contribution in [1.29, 1.82) is 0 Å². The van der Waals surface area contributed by atoms with Crippen molar-refractivity contribution < 1.29 is 9.66 Å². The Morgan fingerprint density at radius 1 is 1.71 bits per heavy atom. The third-order valence-electron chi connectivity index (χ3n) is 1.41. The maximum atomic E-state index is 10.5. The Kier molecular flexibility index (Phi) is 3.44. The van der Waals surface area contributed by atoms with Crippen molar-refractivity contribution in [3.63, 3.8) is 0 Å². The van der Waals surface area contributed by atoms with Crippen LogP contribution in [0.1, 0.15) is 6.92 Å². The minimum Gasteiger partial charge on any atom is -0.460 e. The first kappa shape index (κ1) is 9.99. The van der Waals surface area contributed by atoms with E-state index in [2.05, 4.69) is 16.8 Å². The monoisotopic (exact) mass is 192 g/mol. The average molecular weight is 192 g/mol. The highest BCUT2D eigenvalue weighted by Crippen LogP contribution is 2.22. The molecule has 0 fully saturated rings. The zero-order chi connectivity index (χ0) is 10.4. The molecule has 0 atom stereocenters. The lowest BCUT2D eigenvalue weighted by atomic mass is 10.4. The van der Waals surface area contributed by atoms with Gasteiger partial charge in [0.1, 0.15) is 0 Å². The standard InChI is InChI=1S/C9H8N2O3/c1-2-3-7-14-9-8(11(12)13)5-4-6-10-9/h4-6H,7H2,1H3. The predicted octanol–water partition coefficient (Wildman–Crippen LogP) is 1.39. The lowest BCUT2D eigenvalue weighted by Crippen LogP contribution is -2.00. The van der Waals surface area contributed by atoms with E-state index < -0.39 is 4.92 Å². The first-order valence-corrected chi connectivity index (χ1v) is 3.87. The molecule has 14 heavy (non-hydrogen) atoms. The van der Waals surface area contributed by atoms with Gasteiger partial charge in [-0.15, -0.1) is 5.92 Å². The molecule has 0 aliphatic heterocycles. The molecule has 1 rings (SSSR count). The Bertz CT molecular complexity index is 393. The van der Waals surface area contributed by atoms with E-state index in [1.165, 1.54) is 18.3 Å². The number of hydrogen-bond donors (Lipinski definition) is 0. The molecule has 0 N–H and O–H groups in total. The van der Waals surface area contributed by atoms with Gasteiger partial charge in [0.2, 0.25) is 0 Å². The Morgan fingerprint density at radius 2 is 2.50 bits per heavy atom. The zero-order valence-electron chi connectivity index (χ0n) is 7.56. The first-order chi connectivity index (χ1) is 6.75. The van der Waals surface area contributed by atoms with E-state index in [0.29, 0.717) is 0 Å². The second kappa shape index (κ2) is 4.82. The number of ether oxygens (including phenoxy) is 1. The molecule has 1 aromatic rings. The predicted molar refractivity (Wildman–Crippen MR) is 49.8 cm³/mol. The van der Waals surface area contributed by atoms with Crippen LogP contribution in [-0.2, 0) is 0 Å². The van der Waals surface area contributed by atoms with Gasteiger partial charge in [-0.25, -0.2) is 4.98 Å². The molecule has 0 bridgehead atoms. The Morgan fingerprint density at radius 3 is 3.14 bits per heavy atom. The van der Waals surface area contributed by atoms with E-state index in [9.17, 15) is 10.1 Å². The molecule has 0 spiro atoms. The van der Waals surface area contributed by atoms with E-state index in [1.807, 2.05) is 0 Å². The van der Waals surface area contributed by atoms with Gasteiger partial charge < -0.3 is 4.74 Å². The third kappa shape index (κ3) is 2.45. The van der Waals surface area contributed by atoms with E-state index in [1.54, 1.807) is 6.92 Å². The fraction of sp³-hybridized carbons (Fsp3) is 0.222. The van der Waals surface area contributed by atoms with Gasteiger partial charge in [-0.2, -0.15) is 0 Å². The molecule has 0 amide bonds. The van der Waals surface area contributed by atoms with Gasteiger partial charge in [0, 0.05) is 12.3 Å². The third-order valence-corrected chi connectivity index (χ3v) is 1.41. The molecular weight excluding hydrogens is 184 g/mol. The molecule has 5 heteroatoms. The van der Waals surface area contributed by atoms with Crippen molar-refractivity contribution in [2.75, 3.05) is 6.61 Å². The summed E-state index contributed by atoms with van der Waals surface area (Å²) in [5, 5.41) is 10.5. The molecule has 0 unspecified atom stereocenters. The average Bonchev–Trinajstić information content (AvgIpc) is 2.19. The molecule has 0 aliphatic rings. The zero-order valence-corrected chi connectivity index (χ0v) is 7.56. The molecule has 0 aliphatic carbocycles. The van der Waals surface area contributed by atoms with Crippen molar-refractivity contribution >= 4 is 5.69 Å². The van der Waals surface area contributed by atoms with Gasteiger partial charge in [0.15, 0.2) is 6.61 Å². The maximum absolute atomic E-state index is 10.5. The molecule has 1 aromatic heterocycles. The number of pyridine rings is 1. The molecule has 5 nitrogen and oxygen atoms in total. The van der Waals surface area contributed by atoms with Gasteiger partial charge in [-0.05, 0) is 13.0 Å². The summed E-state index contributed by atoms with van der Waals surface area (Å²) in [6, 6.07) is 2.82. The van der Waals surface area contributed by atoms with Crippen LogP contribution in [0.3, 0.4) is 0 Å². The van der Waals surface area contributed by atoms with Crippen LogP contribution in [0.15, 0.2) is 18.3 Å². The molecular formula is C9H8N2O3. The summed E-state index contributed by atoms with van der Waals surface area (Å²) in [6.07, 6.45) is 1.43. The van der Waals surface area contributed by atoms with Crippen LogP contribution in [0.25, 0.3) is 0 Å². The highest BCUT2D eigenvalue weighted by atomic mass is 16.6. The topological polar surface area (TPSA) is 65.3 Å². The van der Waals surface area contributed by atoms with Crippen LogP contribution in [0.2, 0.25) is 0 Å². The molecule has 0 saturated heterocycles. The lowest BCUT2D eigenvalue weighted by molar-refractivity contribution is -0.386. The molecule has 72 valence electrons. The molecule has 0 radical (unpaired) electrons. The van der Waals surface area contributed by atoms with Crippen molar-refractivity contribution in [2.45, 2.75) is 6.92 Å². The van der Waals surface area contributed by atoms with Crippen molar-refractivity contribution in [3.05, 3.63) is 28.4 Å².